The summed E-state index contributed by atoms with van der Waals surface area (Å²) in [5.74, 6) is -0.699. The van der Waals surface area contributed by atoms with Crippen LogP contribution in [0.1, 0.15) is 5.76 Å². The number of non-ortho nitro benzene ring substituents is 1. The molecule has 1 fully saturated rings. The van der Waals surface area contributed by atoms with Gasteiger partial charge in [-0.25, -0.2) is 0 Å². The maximum Gasteiger partial charge on any atom is 0.270 e. The van der Waals surface area contributed by atoms with Crippen molar-refractivity contribution in [3.8, 4) is 11.3 Å². The first-order valence-corrected chi connectivity index (χ1v) is 10.5. The molecule has 2 amide bonds. The lowest BCUT2D eigenvalue weighted by molar-refractivity contribution is -0.384. The molecule has 0 aliphatic carbocycles. The van der Waals surface area contributed by atoms with Crippen molar-refractivity contribution in [2.24, 2.45) is 0 Å². The van der Waals surface area contributed by atoms with Crippen LogP contribution in [0.25, 0.3) is 17.4 Å². The third-order valence-corrected chi connectivity index (χ3v) is 5.80. The molecular formula is C21H11BrClN3O5S. The molecule has 1 aliphatic rings. The number of amides is 2. The molecule has 0 atom stereocenters. The van der Waals surface area contributed by atoms with E-state index in [1.165, 1.54) is 24.3 Å². The average molecular weight is 533 g/mol. The van der Waals surface area contributed by atoms with Crippen LogP contribution in [0.3, 0.4) is 0 Å². The number of nitrogens with zero attached hydrogens (tertiary/aromatic N) is 2. The number of furan rings is 1. The number of para-hydroxylation sites is 1. The first-order chi connectivity index (χ1) is 15.3. The quantitative estimate of drug-likeness (QED) is 0.165. The van der Waals surface area contributed by atoms with Gasteiger partial charge in [-0.15, -0.1) is 0 Å². The highest BCUT2D eigenvalue weighted by atomic mass is 79.9. The molecule has 1 N–H and O–H groups in total. The van der Waals surface area contributed by atoms with Crippen molar-refractivity contribution in [3.05, 3.63) is 85.5 Å². The first-order valence-electron chi connectivity index (χ1n) is 8.96. The van der Waals surface area contributed by atoms with E-state index in [9.17, 15) is 19.7 Å². The van der Waals surface area contributed by atoms with Gasteiger partial charge in [0.1, 0.15) is 17.1 Å². The Labute approximate surface area is 199 Å². The van der Waals surface area contributed by atoms with E-state index in [2.05, 4.69) is 21.2 Å². The summed E-state index contributed by atoms with van der Waals surface area (Å²) in [4.78, 5) is 37.1. The highest BCUT2D eigenvalue weighted by Crippen LogP contribution is 2.34. The number of thiocarbonyl (C=S) groups is 1. The summed E-state index contributed by atoms with van der Waals surface area (Å²) in [6, 6.07) is 14.1. The Morgan fingerprint density at radius 3 is 2.59 bits per heavy atom. The van der Waals surface area contributed by atoms with Crippen LogP contribution in [0.2, 0.25) is 5.02 Å². The van der Waals surface area contributed by atoms with Gasteiger partial charge >= 0.3 is 0 Å². The standard InChI is InChI=1S/C21H11BrClN3O5S/c22-15-9-11(26(29)30)5-7-13(15)18-8-6-12(31-18)10-14-19(27)24-21(32)25(20(14)28)17-4-2-1-3-16(17)23/h1-10H,(H,24,27,32)/b14-10-. The van der Waals surface area contributed by atoms with E-state index in [0.717, 1.165) is 4.90 Å². The number of hydrogen-bond acceptors (Lipinski definition) is 6. The lowest BCUT2D eigenvalue weighted by atomic mass is 10.1. The number of halogens is 2. The Morgan fingerprint density at radius 2 is 1.91 bits per heavy atom. The maximum atomic E-state index is 13.1. The van der Waals surface area contributed by atoms with Crippen LogP contribution in [0.5, 0.6) is 0 Å². The van der Waals surface area contributed by atoms with Crippen LogP contribution in [0.15, 0.2) is 69.1 Å². The zero-order chi connectivity index (χ0) is 23.0. The summed E-state index contributed by atoms with van der Waals surface area (Å²) in [7, 11) is 0. The minimum absolute atomic E-state index is 0.0744. The molecule has 2 heterocycles. The third kappa shape index (κ3) is 4.07. The van der Waals surface area contributed by atoms with Crippen LogP contribution in [-0.2, 0) is 9.59 Å². The second-order valence-electron chi connectivity index (χ2n) is 6.53. The number of hydrogen-bond donors (Lipinski definition) is 1. The predicted octanol–water partition coefficient (Wildman–Crippen LogP) is 5.10. The van der Waals surface area contributed by atoms with Crippen LogP contribution in [0, 0.1) is 10.1 Å². The maximum absolute atomic E-state index is 13.1. The third-order valence-electron chi connectivity index (χ3n) is 4.54. The molecule has 0 unspecified atom stereocenters. The van der Waals surface area contributed by atoms with E-state index in [0.29, 0.717) is 26.5 Å². The number of rotatable bonds is 4. The lowest BCUT2D eigenvalue weighted by Crippen LogP contribution is -2.54. The van der Waals surface area contributed by atoms with Crippen LogP contribution in [0.4, 0.5) is 11.4 Å². The van der Waals surface area contributed by atoms with Gasteiger partial charge in [-0.1, -0.05) is 23.7 Å². The number of carbonyl (C=O) groups is 2. The van der Waals surface area contributed by atoms with Crippen molar-refractivity contribution in [1.29, 1.82) is 0 Å². The fourth-order valence-electron chi connectivity index (χ4n) is 3.04. The van der Waals surface area contributed by atoms with E-state index in [1.54, 1.807) is 36.4 Å². The first kappa shape index (κ1) is 21.9. The van der Waals surface area contributed by atoms with Crippen LogP contribution < -0.4 is 10.2 Å². The molecule has 11 heteroatoms. The molecule has 1 aliphatic heterocycles. The normalized spacial score (nSPS) is 15.2. The van der Waals surface area contributed by atoms with Gasteiger partial charge < -0.3 is 4.42 Å². The Balaban J connectivity index is 1.68. The van der Waals surface area contributed by atoms with Crippen molar-refractivity contribution < 1.29 is 18.9 Å². The molecule has 1 aromatic heterocycles. The SMILES string of the molecule is O=C1NC(=S)N(c2ccccc2Cl)C(=O)/C1=C\c1ccc(-c2ccc([N+](=O)[O-])cc2Br)o1. The predicted molar refractivity (Wildman–Crippen MR) is 126 cm³/mol. The van der Waals surface area contributed by atoms with Crippen molar-refractivity contribution >= 4 is 74.1 Å². The fourth-order valence-corrected chi connectivity index (χ4v) is 4.10. The van der Waals surface area contributed by atoms with Gasteiger partial charge in [0.05, 0.1) is 15.6 Å². The molecule has 2 aromatic carbocycles. The average Bonchev–Trinajstić information content (AvgIpc) is 3.20. The van der Waals surface area contributed by atoms with E-state index >= 15 is 0 Å². The van der Waals surface area contributed by atoms with Gasteiger partial charge in [-0.2, -0.15) is 0 Å². The van der Waals surface area contributed by atoms with Crippen LogP contribution >= 0.6 is 39.7 Å². The minimum Gasteiger partial charge on any atom is -0.457 e. The Hall–Kier alpha value is -3.34. The van der Waals surface area contributed by atoms with E-state index in [1.807, 2.05) is 0 Å². The highest BCUT2D eigenvalue weighted by Gasteiger charge is 2.35. The smallest absolute Gasteiger partial charge is 0.270 e. The number of nitro groups is 1. The zero-order valence-electron chi connectivity index (χ0n) is 15.9. The van der Waals surface area contributed by atoms with Crippen molar-refractivity contribution in [3.63, 3.8) is 0 Å². The molecule has 4 rings (SSSR count). The van der Waals surface area contributed by atoms with Gasteiger partial charge in [-0.05, 0) is 64.6 Å². The highest BCUT2D eigenvalue weighted by molar-refractivity contribution is 9.10. The van der Waals surface area contributed by atoms with Gasteiger partial charge in [0.2, 0.25) is 0 Å². The van der Waals surface area contributed by atoms with Crippen molar-refractivity contribution in [1.82, 2.24) is 5.32 Å². The molecule has 160 valence electrons. The van der Waals surface area contributed by atoms with E-state index < -0.39 is 16.7 Å². The van der Waals surface area contributed by atoms with Crippen molar-refractivity contribution in [2.75, 3.05) is 4.90 Å². The van der Waals surface area contributed by atoms with Crippen molar-refractivity contribution in [2.45, 2.75) is 0 Å². The molecule has 0 bridgehead atoms. The van der Waals surface area contributed by atoms with E-state index in [4.69, 9.17) is 28.2 Å². The monoisotopic (exact) mass is 531 g/mol. The molecule has 32 heavy (non-hydrogen) atoms. The largest absolute Gasteiger partial charge is 0.457 e. The van der Waals surface area contributed by atoms with Gasteiger partial charge in [0.25, 0.3) is 17.5 Å². The summed E-state index contributed by atoms with van der Waals surface area (Å²) in [6.45, 7) is 0. The zero-order valence-corrected chi connectivity index (χ0v) is 19.0. The number of benzene rings is 2. The summed E-state index contributed by atoms with van der Waals surface area (Å²) < 4.78 is 6.22. The second kappa shape index (κ2) is 8.65. The molecule has 3 aromatic rings. The second-order valence-corrected chi connectivity index (χ2v) is 8.18. The Morgan fingerprint density at radius 1 is 1.16 bits per heavy atom. The number of nitro benzene ring substituents is 1. The summed E-state index contributed by atoms with van der Waals surface area (Å²) in [6.07, 6.45) is 1.30. The Kier molecular flexibility index (Phi) is 5.92. The lowest BCUT2D eigenvalue weighted by Gasteiger charge is -2.29. The molecule has 0 saturated carbocycles. The molecule has 0 radical (unpaired) electrons. The fraction of sp³-hybridized carbons (Fsp3) is 0. The van der Waals surface area contributed by atoms with Gasteiger partial charge in [-0.3, -0.25) is 29.9 Å². The molecule has 1 saturated heterocycles. The Bertz CT molecular complexity index is 1340. The molecule has 8 nitrogen and oxygen atoms in total. The van der Waals surface area contributed by atoms with Gasteiger partial charge in [0, 0.05) is 22.2 Å². The van der Waals surface area contributed by atoms with Crippen LogP contribution in [-0.4, -0.2) is 21.9 Å². The number of carbonyl (C=O) groups excluding carboxylic acids is 2. The summed E-state index contributed by atoms with van der Waals surface area (Å²) in [5.41, 5.74) is 0.639. The number of anilines is 1. The molecule has 0 spiro atoms. The summed E-state index contributed by atoms with van der Waals surface area (Å²) >= 11 is 14.7. The topological polar surface area (TPSA) is 106 Å². The summed E-state index contributed by atoms with van der Waals surface area (Å²) in [5, 5.41) is 13.6. The minimum atomic E-state index is -0.669. The van der Waals surface area contributed by atoms with Gasteiger partial charge in [0.15, 0.2) is 5.11 Å². The number of nitrogens with one attached hydrogen (secondary N) is 1. The molecular weight excluding hydrogens is 522 g/mol. The van der Waals surface area contributed by atoms with E-state index in [-0.39, 0.29) is 22.1 Å².